The topological polar surface area (TPSA) is 184 Å². The Bertz CT molecular complexity index is 960. The zero-order valence-corrected chi connectivity index (χ0v) is 27.4. The molecular weight excluding hydrogens is 622 g/mol. The van der Waals surface area contributed by atoms with Gasteiger partial charge in [0.05, 0.1) is 104 Å². The molecule has 47 heavy (non-hydrogen) atoms. The van der Waals surface area contributed by atoms with Crippen molar-refractivity contribution < 1.29 is 66.9 Å². The lowest BCUT2D eigenvalue weighted by Crippen LogP contribution is -2.17. The summed E-state index contributed by atoms with van der Waals surface area (Å²) in [6.07, 6.45) is 1.55. The highest BCUT2D eigenvalue weighted by Crippen LogP contribution is 2.11. The third-order valence-electron chi connectivity index (χ3n) is 5.96. The predicted molar refractivity (Wildman–Crippen MR) is 169 cm³/mol. The van der Waals surface area contributed by atoms with Gasteiger partial charge in [0.1, 0.15) is 13.2 Å². The van der Waals surface area contributed by atoms with Crippen molar-refractivity contribution in [2.75, 3.05) is 118 Å². The van der Waals surface area contributed by atoms with Crippen LogP contribution in [0, 0.1) is 0 Å². The fraction of sp³-hybridized carbons (Fsp3) is 0.688. The van der Waals surface area contributed by atoms with Crippen molar-refractivity contribution in [3.63, 3.8) is 0 Å². The molecule has 0 aliphatic heterocycles. The van der Waals surface area contributed by atoms with Gasteiger partial charge < -0.3 is 53.1 Å². The number of unbranched alkanes of at least 4 members (excludes halogenated alkanes) is 1. The Hall–Kier alpha value is -3.18. The fourth-order valence-corrected chi connectivity index (χ4v) is 3.44. The molecule has 0 fully saturated rings. The Morgan fingerprint density at radius 2 is 0.979 bits per heavy atom. The first kappa shape index (κ1) is 41.8. The number of nitrogens with one attached hydrogen (secondary N) is 1. The smallest absolute Gasteiger partial charge is 0.372 e. The molecule has 0 saturated carbocycles. The molecule has 1 aromatic rings. The minimum Gasteiger partial charge on any atom is -0.476 e. The van der Waals surface area contributed by atoms with Gasteiger partial charge in [-0.25, -0.2) is 9.59 Å². The quantitative estimate of drug-likeness (QED) is 0.0628. The molecular formula is C32H51NO14. The highest BCUT2D eigenvalue weighted by Gasteiger charge is 2.14. The Kier molecular flexibility index (Phi) is 26.9. The molecule has 0 heterocycles. The van der Waals surface area contributed by atoms with Gasteiger partial charge in [-0.2, -0.15) is 0 Å². The summed E-state index contributed by atoms with van der Waals surface area (Å²) in [4.78, 5) is 44.7. The van der Waals surface area contributed by atoms with E-state index in [1.54, 1.807) is 12.1 Å². The van der Waals surface area contributed by atoms with E-state index in [0.29, 0.717) is 91.5 Å². The number of anilines is 1. The minimum atomic E-state index is -1.57. The van der Waals surface area contributed by atoms with Crippen molar-refractivity contribution in [1.82, 2.24) is 0 Å². The van der Waals surface area contributed by atoms with E-state index in [9.17, 15) is 19.2 Å². The number of ketones is 1. The number of ether oxygens (including phenoxy) is 9. The van der Waals surface area contributed by atoms with E-state index in [-0.39, 0.29) is 38.6 Å². The second-order valence-electron chi connectivity index (χ2n) is 9.73. The summed E-state index contributed by atoms with van der Waals surface area (Å²) >= 11 is 0. The van der Waals surface area contributed by atoms with Gasteiger partial charge in [-0.15, -0.1) is 0 Å². The normalized spacial score (nSPS) is 10.9. The lowest BCUT2D eigenvalue weighted by Gasteiger charge is -2.09. The average Bonchev–Trinajstić information content (AvgIpc) is 3.07. The summed E-state index contributed by atoms with van der Waals surface area (Å²) in [7, 11) is 0. The SMILES string of the molecule is CCCCNc1ccc(C(=O)OCCOCCOCCOCCOCCOCCOCCOCCOC(=O)CCC(=O)C(=O)O)cc1. The maximum Gasteiger partial charge on any atom is 0.372 e. The zero-order chi connectivity index (χ0) is 34.2. The van der Waals surface area contributed by atoms with Gasteiger partial charge in [-0.05, 0) is 30.7 Å². The first-order valence-electron chi connectivity index (χ1n) is 15.9. The van der Waals surface area contributed by atoms with Crippen LogP contribution in [0.15, 0.2) is 24.3 Å². The van der Waals surface area contributed by atoms with Crippen molar-refractivity contribution in [3.05, 3.63) is 29.8 Å². The summed E-state index contributed by atoms with van der Waals surface area (Å²) in [6, 6.07) is 7.23. The third-order valence-corrected chi connectivity index (χ3v) is 5.96. The number of carboxylic acids is 1. The van der Waals surface area contributed by atoms with E-state index in [1.807, 2.05) is 12.1 Å². The summed E-state index contributed by atoms with van der Waals surface area (Å²) in [5.74, 6) is -3.63. The van der Waals surface area contributed by atoms with Gasteiger partial charge >= 0.3 is 17.9 Å². The maximum absolute atomic E-state index is 12.1. The minimum absolute atomic E-state index is 0.00874. The second kappa shape index (κ2) is 30.2. The fourth-order valence-electron chi connectivity index (χ4n) is 3.44. The molecule has 0 unspecified atom stereocenters. The molecule has 0 atom stereocenters. The largest absolute Gasteiger partial charge is 0.476 e. The summed E-state index contributed by atoms with van der Waals surface area (Å²) in [6.45, 7) is 8.55. The third kappa shape index (κ3) is 25.6. The molecule has 0 aromatic heterocycles. The van der Waals surface area contributed by atoms with E-state index < -0.39 is 17.7 Å². The number of carboxylic acid groups (broad SMARTS) is 1. The van der Waals surface area contributed by atoms with E-state index >= 15 is 0 Å². The van der Waals surface area contributed by atoms with Crippen molar-refractivity contribution in [2.45, 2.75) is 32.6 Å². The Labute approximate surface area is 276 Å². The van der Waals surface area contributed by atoms with Crippen LogP contribution in [0.1, 0.15) is 43.0 Å². The van der Waals surface area contributed by atoms with Crippen LogP contribution >= 0.6 is 0 Å². The molecule has 2 N–H and O–H groups in total. The molecule has 268 valence electrons. The van der Waals surface area contributed by atoms with Gasteiger partial charge in [0, 0.05) is 18.7 Å². The number of aliphatic carboxylic acids is 1. The van der Waals surface area contributed by atoms with Crippen LogP contribution in [-0.2, 0) is 57.0 Å². The molecule has 0 aliphatic rings. The van der Waals surface area contributed by atoms with Gasteiger partial charge in [0.2, 0.25) is 5.78 Å². The number of rotatable bonds is 33. The Balaban J connectivity index is 1.75. The number of hydrogen-bond donors (Lipinski definition) is 2. The van der Waals surface area contributed by atoms with Crippen LogP contribution in [0.5, 0.6) is 0 Å². The molecule has 0 amide bonds. The van der Waals surface area contributed by atoms with Crippen LogP contribution in [0.4, 0.5) is 5.69 Å². The lowest BCUT2D eigenvalue weighted by atomic mass is 10.2. The van der Waals surface area contributed by atoms with Crippen molar-refractivity contribution in [3.8, 4) is 0 Å². The lowest BCUT2D eigenvalue weighted by molar-refractivity contribution is -0.151. The Morgan fingerprint density at radius 1 is 0.574 bits per heavy atom. The molecule has 0 bridgehead atoms. The number of carbonyl (C=O) groups excluding carboxylic acids is 3. The standard InChI is InChI=1S/C32H51NO14/c1-2-3-10-33-28-6-4-27(5-7-28)32(38)47-26-24-45-22-20-43-18-16-41-14-12-39-11-13-40-15-17-42-19-21-44-23-25-46-30(35)9-8-29(34)31(36)37/h4-7,33H,2-3,8-26H2,1H3,(H,36,37). The van der Waals surface area contributed by atoms with Crippen LogP contribution in [0.2, 0.25) is 0 Å². The molecule has 1 rings (SSSR count). The van der Waals surface area contributed by atoms with Gasteiger partial charge in [0.15, 0.2) is 0 Å². The van der Waals surface area contributed by atoms with Crippen LogP contribution in [0.3, 0.4) is 0 Å². The first-order valence-corrected chi connectivity index (χ1v) is 15.9. The van der Waals surface area contributed by atoms with E-state index in [2.05, 4.69) is 12.2 Å². The molecule has 15 nitrogen and oxygen atoms in total. The van der Waals surface area contributed by atoms with E-state index in [1.165, 1.54) is 0 Å². The number of benzene rings is 1. The monoisotopic (exact) mass is 673 g/mol. The number of hydrogen-bond acceptors (Lipinski definition) is 14. The molecule has 1 aromatic carbocycles. The molecule has 15 heteroatoms. The van der Waals surface area contributed by atoms with Crippen LogP contribution < -0.4 is 5.32 Å². The van der Waals surface area contributed by atoms with E-state index in [0.717, 1.165) is 25.1 Å². The second-order valence-corrected chi connectivity index (χ2v) is 9.73. The molecule has 0 aliphatic carbocycles. The van der Waals surface area contributed by atoms with Crippen LogP contribution in [0.25, 0.3) is 0 Å². The predicted octanol–water partition coefficient (Wildman–Crippen LogP) is 2.15. The van der Waals surface area contributed by atoms with Gasteiger partial charge in [0.25, 0.3) is 0 Å². The molecule has 0 spiro atoms. The maximum atomic E-state index is 12.1. The summed E-state index contributed by atoms with van der Waals surface area (Å²) < 4.78 is 47.8. The zero-order valence-electron chi connectivity index (χ0n) is 27.4. The first-order chi connectivity index (χ1) is 22.9. The number of carbonyl (C=O) groups is 4. The highest BCUT2D eigenvalue weighted by atomic mass is 16.6. The van der Waals surface area contributed by atoms with Crippen molar-refractivity contribution in [2.24, 2.45) is 0 Å². The van der Waals surface area contributed by atoms with Gasteiger partial charge in [-0.3, -0.25) is 9.59 Å². The average molecular weight is 674 g/mol. The summed E-state index contributed by atoms with van der Waals surface area (Å²) in [5, 5.41) is 11.7. The number of esters is 2. The van der Waals surface area contributed by atoms with Crippen LogP contribution in [-0.4, -0.2) is 141 Å². The van der Waals surface area contributed by atoms with Crippen molar-refractivity contribution >= 4 is 29.4 Å². The van der Waals surface area contributed by atoms with Crippen molar-refractivity contribution in [1.29, 1.82) is 0 Å². The molecule has 0 saturated heterocycles. The van der Waals surface area contributed by atoms with Gasteiger partial charge in [-0.1, -0.05) is 13.3 Å². The summed E-state index contributed by atoms with van der Waals surface area (Å²) in [5.41, 5.74) is 1.49. The number of Topliss-reactive ketones (excluding diaryl/α,β-unsaturated/α-hetero) is 1. The molecule has 0 radical (unpaired) electrons. The Morgan fingerprint density at radius 3 is 1.38 bits per heavy atom. The highest BCUT2D eigenvalue weighted by molar-refractivity contribution is 6.32. The van der Waals surface area contributed by atoms with E-state index in [4.69, 9.17) is 47.7 Å².